The first-order valence-electron chi connectivity index (χ1n) is 5.27. The van der Waals surface area contributed by atoms with E-state index in [4.69, 9.17) is 5.26 Å². The third kappa shape index (κ3) is 3.47. The van der Waals surface area contributed by atoms with E-state index in [-0.39, 0.29) is 17.2 Å². The van der Waals surface area contributed by atoms with E-state index in [0.29, 0.717) is 6.54 Å². The monoisotopic (exact) mass is 230 g/mol. The fourth-order valence-corrected chi connectivity index (χ4v) is 3.47. The van der Waals surface area contributed by atoms with E-state index in [0.717, 1.165) is 19.3 Å². The van der Waals surface area contributed by atoms with Crippen molar-refractivity contribution in [2.24, 2.45) is 5.92 Å². The fraction of sp³-hybridized carbons (Fsp3) is 0.900. The van der Waals surface area contributed by atoms with Gasteiger partial charge in [0.1, 0.15) is 0 Å². The quantitative estimate of drug-likeness (QED) is 0.772. The molecule has 1 saturated carbocycles. The Bertz CT molecular complexity index is 345. The standard InChI is InChI=1S/C10H18N2O2S/c1-8(6-11)7-12-9-4-3-5-10(9)15(2,13)14/h8-10,12H,3-5,7H2,1-2H3. The van der Waals surface area contributed by atoms with Crippen LogP contribution in [0.5, 0.6) is 0 Å². The summed E-state index contributed by atoms with van der Waals surface area (Å²) >= 11 is 0. The maximum atomic E-state index is 11.5. The van der Waals surface area contributed by atoms with Gasteiger partial charge in [-0.1, -0.05) is 6.42 Å². The molecule has 1 rings (SSSR count). The Balaban J connectivity index is 2.52. The van der Waals surface area contributed by atoms with Gasteiger partial charge in [0, 0.05) is 18.8 Å². The predicted octanol–water partition coefficient (Wildman–Crippen LogP) is 0.701. The predicted molar refractivity (Wildman–Crippen MR) is 59.1 cm³/mol. The largest absolute Gasteiger partial charge is 0.311 e. The van der Waals surface area contributed by atoms with E-state index in [1.807, 2.05) is 6.92 Å². The van der Waals surface area contributed by atoms with Crippen molar-refractivity contribution in [3.05, 3.63) is 0 Å². The van der Waals surface area contributed by atoms with Crippen LogP contribution < -0.4 is 5.32 Å². The van der Waals surface area contributed by atoms with E-state index < -0.39 is 9.84 Å². The molecule has 0 radical (unpaired) electrons. The molecule has 1 fully saturated rings. The van der Waals surface area contributed by atoms with Gasteiger partial charge in [-0.25, -0.2) is 8.42 Å². The smallest absolute Gasteiger partial charge is 0.151 e. The number of nitrogens with one attached hydrogen (secondary N) is 1. The van der Waals surface area contributed by atoms with Crippen LogP contribution in [0, 0.1) is 17.2 Å². The van der Waals surface area contributed by atoms with Gasteiger partial charge in [-0.2, -0.15) is 5.26 Å². The van der Waals surface area contributed by atoms with Crippen LogP contribution in [0.3, 0.4) is 0 Å². The maximum absolute atomic E-state index is 11.5. The summed E-state index contributed by atoms with van der Waals surface area (Å²) in [5.41, 5.74) is 0. The van der Waals surface area contributed by atoms with Crippen molar-refractivity contribution in [1.29, 1.82) is 5.26 Å². The van der Waals surface area contributed by atoms with Gasteiger partial charge in [-0.3, -0.25) is 0 Å². The number of nitriles is 1. The minimum absolute atomic E-state index is 0.0378. The van der Waals surface area contributed by atoms with Crippen LogP contribution in [-0.2, 0) is 9.84 Å². The SMILES string of the molecule is CC(C#N)CNC1CCCC1S(C)(=O)=O. The molecule has 0 aromatic carbocycles. The van der Waals surface area contributed by atoms with Crippen LogP contribution >= 0.6 is 0 Å². The molecule has 0 saturated heterocycles. The lowest BCUT2D eigenvalue weighted by Gasteiger charge is -2.19. The first-order chi connectivity index (χ1) is 6.95. The van der Waals surface area contributed by atoms with Gasteiger partial charge in [0.2, 0.25) is 0 Å². The molecule has 0 amide bonds. The molecule has 0 aromatic heterocycles. The van der Waals surface area contributed by atoms with Crippen LogP contribution in [0.1, 0.15) is 26.2 Å². The molecule has 3 atom stereocenters. The van der Waals surface area contributed by atoms with Crippen molar-refractivity contribution >= 4 is 9.84 Å². The third-order valence-electron chi connectivity index (χ3n) is 2.91. The van der Waals surface area contributed by atoms with Gasteiger partial charge in [0.05, 0.1) is 17.2 Å². The molecule has 3 unspecified atom stereocenters. The molecule has 15 heavy (non-hydrogen) atoms. The molecular formula is C10H18N2O2S. The molecule has 1 aliphatic carbocycles. The highest BCUT2D eigenvalue weighted by Gasteiger charge is 2.34. The first kappa shape index (κ1) is 12.5. The topological polar surface area (TPSA) is 70.0 Å². The van der Waals surface area contributed by atoms with Crippen molar-refractivity contribution in [1.82, 2.24) is 5.32 Å². The second-order valence-electron chi connectivity index (χ2n) is 4.34. The lowest BCUT2D eigenvalue weighted by atomic mass is 10.2. The molecular weight excluding hydrogens is 212 g/mol. The summed E-state index contributed by atoms with van der Waals surface area (Å²) in [5.74, 6) is -0.0641. The normalized spacial score (nSPS) is 28.6. The van der Waals surface area contributed by atoms with E-state index in [1.54, 1.807) is 0 Å². The van der Waals surface area contributed by atoms with Crippen molar-refractivity contribution in [3.63, 3.8) is 0 Å². The van der Waals surface area contributed by atoms with Crippen molar-refractivity contribution in [3.8, 4) is 6.07 Å². The average molecular weight is 230 g/mol. The van der Waals surface area contributed by atoms with Gasteiger partial charge in [0.15, 0.2) is 9.84 Å². The molecule has 0 bridgehead atoms. The number of rotatable bonds is 4. The van der Waals surface area contributed by atoms with Gasteiger partial charge < -0.3 is 5.32 Å². The lowest BCUT2D eigenvalue weighted by molar-refractivity contribution is 0.483. The highest BCUT2D eigenvalue weighted by atomic mass is 32.2. The zero-order valence-corrected chi connectivity index (χ0v) is 10.0. The van der Waals surface area contributed by atoms with Crippen molar-refractivity contribution in [2.45, 2.75) is 37.5 Å². The summed E-state index contributed by atoms with van der Waals surface area (Å²) in [5, 5.41) is 11.6. The molecule has 0 aliphatic heterocycles. The summed E-state index contributed by atoms with van der Waals surface area (Å²) in [6.07, 6.45) is 3.90. The third-order valence-corrected chi connectivity index (χ3v) is 4.57. The molecule has 0 spiro atoms. The molecule has 0 heterocycles. The average Bonchev–Trinajstić information content (AvgIpc) is 2.61. The van der Waals surface area contributed by atoms with Crippen LogP contribution in [0.2, 0.25) is 0 Å². The number of sulfone groups is 1. The van der Waals surface area contributed by atoms with Crippen molar-refractivity contribution < 1.29 is 8.42 Å². The van der Waals surface area contributed by atoms with E-state index in [2.05, 4.69) is 11.4 Å². The summed E-state index contributed by atoms with van der Waals surface area (Å²) in [4.78, 5) is 0. The van der Waals surface area contributed by atoms with Gasteiger partial charge >= 0.3 is 0 Å². The summed E-state index contributed by atoms with van der Waals surface area (Å²) < 4.78 is 22.9. The summed E-state index contributed by atoms with van der Waals surface area (Å²) in [7, 11) is -2.95. The Kier molecular flexibility index (Phi) is 4.12. The van der Waals surface area contributed by atoms with Gasteiger partial charge in [-0.15, -0.1) is 0 Å². The Morgan fingerprint density at radius 3 is 2.73 bits per heavy atom. The van der Waals surface area contributed by atoms with Crippen molar-refractivity contribution in [2.75, 3.05) is 12.8 Å². The first-order valence-corrected chi connectivity index (χ1v) is 7.22. The highest BCUT2D eigenvalue weighted by Crippen LogP contribution is 2.25. The molecule has 0 aromatic rings. The zero-order chi connectivity index (χ0) is 11.5. The second-order valence-corrected chi connectivity index (χ2v) is 6.61. The molecule has 1 N–H and O–H groups in total. The molecule has 1 aliphatic rings. The van der Waals surface area contributed by atoms with Crippen LogP contribution in [0.15, 0.2) is 0 Å². The Morgan fingerprint density at radius 1 is 1.53 bits per heavy atom. The molecule has 4 nitrogen and oxygen atoms in total. The van der Waals surface area contributed by atoms with E-state index in [1.165, 1.54) is 6.26 Å². The van der Waals surface area contributed by atoms with Gasteiger partial charge in [0.25, 0.3) is 0 Å². The van der Waals surface area contributed by atoms with Gasteiger partial charge in [-0.05, 0) is 19.8 Å². The maximum Gasteiger partial charge on any atom is 0.151 e. The summed E-state index contributed by atoms with van der Waals surface area (Å²) in [6, 6.07) is 2.17. The van der Waals surface area contributed by atoms with E-state index in [9.17, 15) is 8.42 Å². The van der Waals surface area contributed by atoms with Crippen LogP contribution in [-0.4, -0.2) is 32.5 Å². The Labute approximate surface area is 91.6 Å². The Hall–Kier alpha value is -0.600. The lowest BCUT2D eigenvalue weighted by Crippen LogP contribution is -2.41. The minimum atomic E-state index is -2.95. The van der Waals surface area contributed by atoms with E-state index >= 15 is 0 Å². The number of nitrogens with zero attached hydrogens (tertiary/aromatic N) is 1. The number of hydrogen-bond acceptors (Lipinski definition) is 4. The number of hydrogen-bond donors (Lipinski definition) is 1. The fourth-order valence-electron chi connectivity index (χ4n) is 2.05. The second kappa shape index (κ2) is 4.95. The minimum Gasteiger partial charge on any atom is -0.311 e. The van der Waals surface area contributed by atoms with Crippen LogP contribution in [0.25, 0.3) is 0 Å². The molecule has 86 valence electrons. The summed E-state index contributed by atoms with van der Waals surface area (Å²) in [6.45, 7) is 2.41. The zero-order valence-electron chi connectivity index (χ0n) is 9.23. The Morgan fingerprint density at radius 2 is 2.20 bits per heavy atom. The highest BCUT2D eigenvalue weighted by molar-refractivity contribution is 7.91. The van der Waals surface area contributed by atoms with Crippen LogP contribution in [0.4, 0.5) is 0 Å². The molecule has 5 heteroatoms.